The molecule has 0 aliphatic rings. The molecule has 114 valence electrons. The third kappa shape index (κ3) is 4.49. The van der Waals surface area contributed by atoms with Crippen molar-refractivity contribution in [1.82, 2.24) is 4.90 Å². The van der Waals surface area contributed by atoms with Crippen molar-refractivity contribution in [2.24, 2.45) is 5.73 Å². The highest BCUT2D eigenvalue weighted by Crippen LogP contribution is 2.34. The van der Waals surface area contributed by atoms with Crippen LogP contribution in [0.25, 0.3) is 0 Å². The van der Waals surface area contributed by atoms with Crippen molar-refractivity contribution in [3.8, 4) is 0 Å². The number of benzene rings is 1. The SMILES string of the molecule is CCCC(C)N(C)CC(N)c1ccccc1C(F)(F)F. The zero-order valence-electron chi connectivity index (χ0n) is 12.2. The molecule has 0 aliphatic heterocycles. The fraction of sp³-hybridized carbons (Fsp3) is 0.600. The van der Waals surface area contributed by atoms with E-state index in [1.54, 1.807) is 6.07 Å². The van der Waals surface area contributed by atoms with E-state index in [4.69, 9.17) is 5.73 Å². The smallest absolute Gasteiger partial charge is 0.323 e. The van der Waals surface area contributed by atoms with Gasteiger partial charge in [-0.05, 0) is 32.0 Å². The molecule has 0 saturated carbocycles. The van der Waals surface area contributed by atoms with Crippen LogP contribution < -0.4 is 5.73 Å². The predicted molar refractivity (Wildman–Crippen MR) is 75.4 cm³/mol. The van der Waals surface area contributed by atoms with Gasteiger partial charge in [-0.1, -0.05) is 31.5 Å². The van der Waals surface area contributed by atoms with Gasteiger partial charge in [0.25, 0.3) is 0 Å². The van der Waals surface area contributed by atoms with E-state index in [0.29, 0.717) is 12.6 Å². The Kier molecular flexibility index (Phi) is 6.02. The molecule has 2 N–H and O–H groups in total. The van der Waals surface area contributed by atoms with Crippen molar-refractivity contribution >= 4 is 0 Å². The molecule has 0 bridgehead atoms. The Labute approximate surface area is 118 Å². The van der Waals surface area contributed by atoms with Crippen molar-refractivity contribution < 1.29 is 13.2 Å². The first-order valence-electron chi connectivity index (χ1n) is 6.89. The molecule has 5 heteroatoms. The quantitative estimate of drug-likeness (QED) is 0.862. The molecule has 1 rings (SSSR count). The van der Waals surface area contributed by atoms with Crippen LogP contribution in [0.5, 0.6) is 0 Å². The van der Waals surface area contributed by atoms with E-state index < -0.39 is 17.8 Å². The number of likely N-dealkylation sites (N-methyl/N-ethyl adjacent to an activating group) is 1. The molecule has 0 radical (unpaired) electrons. The zero-order chi connectivity index (χ0) is 15.3. The molecular formula is C15H23F3N2. The Bertz CT molecular complexity index is 418. The molecule has 1 aromatic carbocycles. The molecule has 0 aliphatic carbocycles. The topological polar surface area (TPSA) is 29.3 Å². The second kappa shape index (κ2) is 7.09. The monoisotopic (exact) mass is 288 g/mol. The molecule has 0 heterocycles. The number of nitrogens with two attached hydrogens (primary N) is 1. The standard InChI is InChI=1S/C15H23F3N2/c1-4-7-11(2)20(3)10-14(19)12-8-5-6-9-13(12)15(16,17)18/h5-6,8-9,11,14H,4,7,10,19H2,1-3H3. The van der Waals surface area contributed by atoms with Gasteiger partial charge in [0.15, 0.2) is 0 Å². The maximum absolute atomic E-state index is 13.0. The summed E-state index contributed by atoms with van der Waals surface area (Å²) in [4.78, 5) is 2.02. The van der Waals surface area contributed by atoms with Gasteiger partial charge in [-0.3, -0.25) is 0 Å². The summed E-state index contributed by atoms with van der Waals surface area (Å²) in [6, 6.07) is 5.21. The Balaban J connectivity index is 2.85. The van der Waals surface area contributed by atoms with Gasteiger partial charge in [-0.2, -0.15) is 13.2 Å². The summed E-state index contributed by atoms with van der Waals surface area (Å²) in [6.07, 6.45) is -2.31. The van der Waals surface area contributed by atoms with Crippen molar-refractivity contribution in [3.63, 3.8) is 0 Å². The Morgan fingerprint density at radius 3 is 2.40 bits per heavy atom. The highest BCUT2D eigenvalue weighted by Gasteiger charge is 2.34. The van der Waals surface area contributed by atoms with Crippen molar-refractivity contribution in [2.75, 3.05) is 13.6 Å². The lowest BCUT2D eigenvalue weighted by molar-refractivity contribution is -0.138. The first-order chi connectivity index (χ1) is 9.27. The molecular weight excluding hydrogens is 265 g/mol. The van der Waals surface area contributed by atoms with Crippen LogP contribution in [0.2, 0.25) is 0 Å². The maximum atomic E-state index is 13.0. The Hall–Kier alpha value is -1.07. The molecule has 1 aromatic rings. The molecule has 2 nitrogen and oxygen atoms in total. The molecule has 20 heavy (non-hydrogen) atoms. The third-order valence-corrected chi connectivity index (χ3v) is 3.61. The van der Waals surface area contributed by atoms with E-state index in [9.17, 15) is 13.2 Å². The lowest BCUT2D eigenvalue weighted by Gasteiger charge is -2.28. The number of alkyl halides is 3. The van der Waals surface area contributed by atoms with Crippen LogP contribution in [0.15, 0.2) is 24.3 Å². The number of rotatable bonds is 6. The van der Waals surface area contributed by atoms with E-state index in [-0.39, 0.29) is 5.56 Å². The maximum Gasteiger partial charge on any atom is 0.416 e. The lowest BCUT2D eigenvalue weighted by Crippen LogP contribution is -2.36. The summed E-state index contributed by atoms with van der Waals surface area (Å²) in [7, 11) is 1.90. The summed E-state index contributed by atoms with van der Waals surface area (Å²) in [6.45, 7) is 4.56. The zero-order valence-corrected chi connectivity index (χ0v) is 12.2. The van der Waals surface area contributed by atoms with Crippen LogP contribution in [0, 0.1) is 0 Å². The summed E-state index contributed by atoms with van der Waals surface area (Å²) in [5.74, 6) is 0. The normalized spacial score (nSPS) is 15.4. The average molecular weight is 288 g/mol. The van der Waals surface area contributed by atoms with E-state index >= 15 is 0 Å². The van der Waals surface area contributed by atoms with Gasteiger partial charge < -0.3 is 10.6 Å². The molecule has 0 spiro atoms. The summed E-state index contributed by atoms with van der Waals surface area (Å²) in [5, 5.41) is 0. The van der Waals surface area contributed by atoms with Crippen molar-refractivity contribution in [1.29, 1.82) is 0 Å². The van der Waals surface area contributed by atoms with Gasteiger partial charge in [0, 0.05) is 18.6 Å². The molecule has 0 fully saturated rings. The van der Waals surface area contributed by atoms with E-state index in [0.717, 1.165) is 18.9 Å². The number of hydrogen-bond acceptors (Lipinski definition) is 2. The average Bonchev–Trinajstić information content (AvgIpc) is 2.37. The fourth-order valence-electron chi connectivity index (χ4n) is 2.31. The van der Waals surface area contributed by atoms with Crippen LogP contribution in [0.3, 0.4) is 0 Å². The summed E-state index contributed by atoms with van der Waals surface area (Å²) in [5.41, 5.74) is 5.51. The Morgan fingerprint density at radius 2 is 1.85 bits per heavy atom. The number of hydrogen-bond donors (Lipinski definition) is 1. The van der Waals surface area contributed by atoms with Crippen molar-refractivity contribution in [2.45, 2.75) is 44.9 Å². The second-order valence-corrected chi connectivity index (χ2v) is 5.27. The molecule has 2 unspecified atom stereocenters. The Morgan fingerprint density at radius 1 is 1.25 bits per heavy atom. The van der Waals surface area contributed by atoms with E-state index in [1.807, 2.05) is 11.9 Å². The van der Waals surface area contributed by atoms with Gasteiger partial charge in [-0.25, -0.2) is 0 Å². The van der Waals surface area contributed by atoms with Crippen LogP contribution >= 0.6 is 0 Å². The fourth-order valence-corrected chi connectivity index (χ4v) is 2.31. The minimum Gasteiger partial charge on any atom is -0.323 e. The van der Waals surface area contributed by atoms with Gasteiger partial charge in [0.05, 0.1) is 5.56 Å². The minimum absolute atomic E-state index is 0.163. The van der Waals surface area contributed by atoms with Gasteiger partial charge in [0.1, 0.15) is 0 Å². The van der Waals surface area contributed by atoms with E-state index in [2.05, 4.69) is 13.8 Å². The highest BCUT2D eigenvalue weighted by atomic mass is 19.4. The van der Waals surface area contributed by atoms with Crippen LogP contribution in [-0.2, 0) is 6.18 Å². The largest absolute Gasteiger partial charge is 0.416 e. The van der Waals surface area contributed by atoms with E-state index in [1.165, 1.54) is 12.1 Å². The van der Waals surface area contributed by atoms with Gasteiger partial charge in [0.2, 0.25) is 0 Å². The van der Waals surface area contributed by atoms with Crippen LogP contribution in [0.1, 0.15) is 43.9 Å². The minimum atomic E-state index is -4.36. The number of halogens is 3. The predicted octanol–water partition coefficient (Wildman–Crippen LogP) is 3.83. The molecule has 0 amide bonds. The molecule has 2 atom stereocenters. The van der Waals surface area contributed by atoms with Crippen LogP contribution in [0.4, 0.5) is 13.2 Å². The van der Waals surface area contributed by atoms with Gasteiger partial charge >= 0.3 is 6.18 Å². The van der Waals surface area contributed by atoms with Crippen LogP contribution in [-0.4, -0.2) is 24.5 Å². The molecule has 0 aromatic heterocycles. The molecule has 0 saturated heterocycles. The number of nitrogens with zero attached hydrogens (tertiary/aromatic N) is 1. The summed E-state index contributed by atoms with van der Waals surface area (Å²) < 4.78 is 38.9. The highest BCUT2D eigenvalue weighted by molar-refractivity contribution is 5.32. The second-order valence-electron chi connectivity index (χ2n) is 5.27. The van der Waals surface area contributed by atoms with Crippen molar-refractivity contribution in [3.05, 3.63) is 35.4 Å². The first-order valence-corrected chi connectivity index (χ1v) is 6.89. The van der Waals surface area contributed by atoms with Gasteiger partial charge in [-0.15, -0.1) is 0 Å². The lowest BCUT2D eigenvalue weighted by atomic mass is 9.99. The third-order valence-electron chi connectivity index (χ3n) is 3.61. The first kappa shape index (κ1) is 17.0. The summed E-state index contributed by atoms with van der Waals surface area (Å²) >= 11 is 0.